The molecule has 1 aliphatic carbocycles. The van der Waals surface area contributed by atoms with E-state index < -0.39 is 4.92 Å². The maximum Gasteiger partial charge on any atom is 0.269 e. The van der Waals surface area contributed by atoms with Crippen molar-refractivity contribution < 1.29 is 4.92 Å². The Morgan fingerprint density at radius 3 is 2.67 bits per heavy atom. The first-order chi connectivity index (χ1) is 10.1. The van der Waals surface area contributed by atoms with Gasteiger partial charge in [0, 0.05) is 29.6 Å². The second-order valence-electron chi connectivity index (χ2n) is 5.15. The van der Waals surface area contributed by atoms with Gasteiger partial charge in [-0.3, -0.25) is 14.9 Å². The highest BCUT2D eigenvalue weighted by molar-refractivity contribution is 5.50. The van der Waals surface area contributed by atoms with Crippen LogP contribution in [0.5, 0.6) is 0 Å². The monoisotopic (exact) mass is 285 g/mol. The summed E-state index contributed by atoms with van der Waals surface area (Å²) >= 11 is 0. The lowest BCUT2D eigenvalue weighted by molar-refractivity contribution is -0.384. The van der Waals surface area contributed by atoms with Crippen molar-refractivity contribution in [3.63, 3.8) is 0 Å². The van der Waals surface area contributed by atoms with Crippen LogP contribution in [0.1, 0.15) is 30.1 Å². The maximum absolute atomic E-state index is 11.4. The molecule has 0 amide bonds. The Bertz CT molecular complexity index is 722. The lowest BCUT2D eigenvalue weighted by Gasteiger charge is -2.26. The molecule has 6 nitrogen and oxygen atoms in total. The van der Waals surface area contributed by atoms with E-state index in [9.17, 15) is 14.9 Å². The van der Waals surface area contributed by atoms with Crippen molar-refractivity contribution in [1.29, 1.82) is 0 Å². The highest BCUT2D eigenvalue weighted by atomic mass is 16.6. The first kappa shape index (κ1) is 13.4. The van der Waals surface area contributed by atoms with Gasteiger partial charge in [0.25, 0.3) is 5.69 Å². The average molecular weight is 285 g/mol. The number of nitro benzene ring substituents is 1. The number of aryl methyl sites for hydroxylation is 1. The minimum atomic E-state index is -0.412. The number of nitrogens with zero attached hydrogens (tertiary/aromatic N) is 1. The van der Waals surface area contributed by atoms with Crippen LogP contribution in [0, 0.1) is 10.1 Å². The fourth-order valence-electron chi connectivity index (χ4n) is 2.73. The van der Waals surface area contributed by atoms with Crippen molar-refractivity contribution in [3.05, 3.63) is 68.1 Å². The topological polar surface area (TPSA) is 88.0 Å². The van der Waals surface area contributed by atoms with Gasteiger partial charge in [-0.05, 0) is 43.0 Å². The molecule has 2 aromatic rings. The number of pyridine rings is 1. The van der Waals surface area contributed by atoms with E-state index >= 15 is 0 Å². The van der Waals surface area contributed by atoms with Crippen LogP contribution >= 0.6 is 0 Å². The smallest absolute Gasteiger partial charge is 0.269 e. The predicted octanol–water partition coefficient (Wildman–Crippen LogP) is 2.77. The molecule has 0 saturated carbocycles. The molecule has 0 aliphatic heterocycles. The molecule has 2 N–H and O–H groups in total. The van der Waals surface area contributed by atoms with Crippen molar-refractivity contribution in [2.45, 2.75) is 25.3 Å². The number of aromatic amines is 1. The molecule has 1 aromatic carbocycles. The molecule has 1 aliphatic rings. The second kappa shape index (κ2) is 5.40. The summed E-state index contributed by atoms with van der Waals surface area (Å²) in [5.74, 6) is 0. The zero-order valence-electron chi connectivity index (χ0n) is 11.3. The first-order valence-corrected chi connectivity index (χ1v) is 6.86. The van der Waals surface area contributed by atoms with Crippen LogP contribution in [0.3, 0.4) is 0 Å². The number of nitrogens with one attached hydrogen (secondary N) is 2. The van der Waals surface area contributed by atoms with Gasteiger partial charge in [0.1, 0.15) is 0 Å². The van der Waals surface area contributed by atoms with E-state index in [1.807, 2.05) is 6.07 Å². The van der Waals surface area contributed by atoms with E-state index in [4.69, 9.17) is 0 Å². The number of nitro groups is 1. The summed E-state index contributed by atoms with van der Waals surface area (Å²) in [4.78, 5) is 24.5. The van der Waals surface area contributed by atoms with Crippen molar-refractivity contribution in [1.82, 2.24) is 4.98 Å². The van der Waals surface area contributed by atoms with Crippen molar-refractivity contribution >= 4 is 11.4 Å². The number of benzene rings is 1. The Morgan fingerprint density at radius 1 is 1.19 bits per heavy atom. The van der Waals surface area contributed by atoms with Gasteiger partial charge in [0.2, 0.25) is 5.56 Å². The fourth-order valence-corrected chi connectivity index (χ4v) is 2.73. The molecule has 3 rings (SSSR count). The predicted molar refractivity (Wildman–Crippen MR) is 79.5 cm³/mol. The molecule has 6 heteroatoms. The number of aromatic nitrogens is 1. The van der Waals surface area contributed by atoms with E-state index in [2.05, 4.69) is 10.3 Å². The number of fused-ring (bicyclic) bond motifs is 1. The van der Waals surface area contributed by atoms with Crippen LogP contribution in [-0.4, -0.2) is 9.91 Å². The number of rotatable bonds is 3. The standard InChI is InChI=1S/C15H15N3O3/c19-15-9-8-12-13(2-1-3-14(12)17-15)16-10-4-6-11(7-5-10)18(20)21/h4-9,13,16H,1-3H2,(H,17,19). The van der Waals surface area contributed by atoms with E-state index in [-0.39, 0.29) is 17.3 Å². The summed E-state index contributed by atoms with van der Waals surface area (Å²) in [5, 5.41) is 14.0. The Morgan fingerprint density at radius 2 is 1.95 bits per heavy atom. The molecule has 0 saturated heterocycles. The molecule has 1 heterocycles. The number of non-ortho nitro benzene ring substituents is 1. The van der Waals surface area contributed by atoms with Gasteiger partial charge in [-0.25, -0.2) is 0 Å². The van der Waals surface area contributed by atoms with Crippen molar-refractivity contribution in [3.8, 4) is 0 Å². The van der Waals surface area contributed by atoms with E-state index in [1.165, 1.54) is 18.2 Å². The Hall–Kier alpha value is -2.63. The van der Waals surface area contributed by atoms with Gasteiger partial charge in [0.15, 0.2) is 0 Å². The molecule has 0 radical (unpaired) electrons. The molecule has 21 heavy (non-hydrogen) atoms. The van der Waals surface area contributed by atoms with Gasteiger partial charge in [-0.15, -0.1) is 0 Å². The van der Waals surface area contributed by atoms with Crippen LogP contribution in [0.15, 0.2) is 41.2 Å². The second-order valence-corrected chi connectivity index (χ2v) is 5.15. The van der Waals surface area contributed by atoms with Crippen LogP contribution in [0.25, 0.3) is 0 Å². The molecular weight excluding hydrogens is 270 g/mol. The molecule has 1 atom stereocenters. The average Bonchev–Trinajstić information content (AvgIpc) is 2.47. The zero-order valence-corrected chi connectivity index (χ0v) is 11.3. The van der Waals surface area contributed by atoms with Crippen LogP contribution in [0.4, 0.5) is 11.4 Å². The van der Waals surface area contributed by atoms with E-state index in [0.717, 1.165) is 36.2 Å². The summed E-state index contributed by atoms with van der Waals surface area (Å²) in [5.41, 5.74) is 2.91. The Kier molecular flexibility index (Phi) is 3.43. The highest BCUT2D eigenvalue weighted by Gasteiger charge is 2.20. The summed E-state index contributed by atoms with van der Waals surface area (Å²) in [6, 6.07) is 9.89. The van der Waals surface area contributed by atoms with Crippen LogP contribution in [-0.2, 0) is 6.42 Å². The van der Waals surface area contributed by atoms with Gasteiger partial charge in [0.05, 0.1) is 11.0 Å². The Balaban J connectivity index is 1.83. The van der Waals surface area contributed by atoms with Gasteiger partial charge < -0.3 is 10.3 Å². The van der Waals surface area contributed by atoms with E-state index in [0.29, 0.717) is 0 Å². The molecular formula is C15H15N3O3. The van der Waals surface area contributed by atoms with Crippen molar-refractivity contribution in [2.24, 2.45) is 0 Å². The summed E-state index contributed by atoms with van der Waals surface area (Å²) in [7, 11) is 0. The summed E-state index contributed by atoms with van der Waals surface area (Å²) in [6.07, 6.45) is 2.84. The third-order valence-electron chi connectivity index (χ3n) is 3.75. The van der Waals surface area contributed by atoms with Gasteiger partial charge >= 0.3 is 0 Å². The number of H-pyrrole nitrogens is 1. The SMILES string of the molecule is O=c1ccc2c([nH]1)CCCC2Nc1ccc([N+](=O)[O-])cc1. The number of anilines is 1. The van der Waals surface area contributed by atoms with E-state index in [1.54, 1.807) is 12.1 Å². The highest BCUT2D eigenvalue weighted by Crippen LogP contribution is 2.31. The van der Waals surface area contributed by atoms with Crippen LogP contribution < -0.4 is 10.9 Å². The third-order valence-corrected chi connectivity index (χ3v) is 3.75. The molecule has 0 spiro atoms. The minimum Gasteiger partial charge on any atom is -0.378 e. The quantitative estimate of drug-likeness (QED) is 0.670. The summed E-state index contributed by atoms with van der Waals surface area (Å²) < 4.78 is 0. The molecule has 108 valence electrons. The Labute approximate surface area is 121 Å². The van der Waals surface area contributed by atoms with Crippen LogP contribution in [0.2, 0.25) is 0 Å². The first-order valence-electron chi connectivity index (χ1n) is 6.86. The van der Waals surface area contributed by atoms with Gasteiger partial charge in [-0.2, -0.15) is 0 Å². The van der Waals surface area contributed by atoms with Gasteiger partial charge in [-0.1, -0.05) is 0 Å². The zero-order chi connectivity index (χ0) is 14.8. The third kappa shape index (κ3) is 2.79. The van der Waals surface area contributed by atoms with Crippen molar-refractivity contribution in [2.75, 3.05) is 5.32 Å². The molecule has 1 unspecified atom stereocenters. The molecule has 0 fully saturated rings. The minimum absolute atomic E-state index is 0.0777. The lowest BCUT2D eigenvalue weighted by atomic mass is 9.91. The fraction of sp³-hybridized carbons (Fsp3) is 0.267. The molecule has 1 aromatic heterocycles. The number of hydrogen-bond donors (Lipinski definition) is 2. The lowest BCUT2D eigenvalue weighted by Crippen LogP contribution is -2.21. The number of hydrogen-bond acceptors (Lipinski definition) is 4. The normalized spacial score (nSPS) is 17.0. The maximum atomic E-state index is 11.4. The largest absolute Gasteiger partial charge is 0.378 e. The summed E-state index contributed by atoms with van der Waals surface area (Å²) in [6.45, 7) is 0. The molecule has 0 bridgehead atoms.